The van der Waals surface area contributed by atoms with E-state index in [9.17, 15) is 4.79 Å². The smallest absolute Gasteiger partial charge is 0.291 e. The molecule has 1 unspecified atom stereocenters. The van der Waals surface area contributed by atoms with Gasteiger partial charge >= 0.3 is 0 Å². The molecule has 0 aromatic carbocycles. The molecule has 0 aliphatic heterocycles. The Balaban J connectivity index is 1.57. The minimum atomic E-state index is -0.323. The van der Waals surface area contributed by atoms with Gasteiger partial charge < -0.3 is 5.32 Å². The highest BCUT2D eigenvalue weighted by atomic mass is 35.5. The molecule has 0 bridgehead atoms. The maximum Gasteiger partial charge on any atom is 0.291 e. The van der Waals surface area contributed by atoms with E-state index in [1.165, 1.54) is 4.52 Å². The first-order valence-electron chi connectivity index (χ1n) is 6.75. The van der Waals surface area contributed by atoms with Gasteiger partial charge in [-0.05, 0) is 12.0 Å². The van der Waals surface area contributed by atoms with E-state index in [1.54, 1.807) is 35.5 Å². The lowest BCUT2D eigenvalue weighted by molar-refractivity contribution is 0.0936. The third-order valence-electron chi connectivity index (χ3n) is 3.03. The molecule has 0 radical (unpaired) electrons. The molecule has 3 aromatic heterocycles. The Morgan fingerprint density at radius 3 is 3.09 bits per heavy atom. The molecule has 0 saturated carbocycles. The number of carbonyl (C=O) groups is 1. The highest BCUT2D eigenvalue weighted by molar-refractivity contribution is 6.30. The van der Waals surface area contributed by atoms with Gasteiger partial charge in [0.1, 0.15) is 0 Å². The number of carbonyl (C=O) groups excluding carboxylic acids is 1. The maximum atomic E-state index is 12.1. The summed E-state index contributed by atoms with van der Waals surface area (Å²) < 4.78 is 3.20. The molecule has 22 heavy (non-hydrogen) atoms. The van der Waals surface area contributed by atoms with E-state index in [0.29, 0.717) is 23.9 Å². The molecule has 0 aliphatic carbocycles. The largest absolute Gasteiger partial charge is 0.349 e. The van der Waals surface area contributed by atoms with Crippen molar-refractivity contribution in [2.24, 2.45) is 5.92 Å². The predicted molar refractivity (Wildman–Crippen MR) is 79.5 cm³/mol. The summed E-state index contributed by atoms with van der Waals surface area (Å²) in [7, 11) is 0. The Morgan fingerprint density at radius 2 is 2.36 bits per heavy atom. The quantitative estimate of drug-likeness (QED) is 0.759. The fraction of sp³-hybridized carbons (Fsp3) is 0.308. The first-order valence-corrected chi connectivity index (χ1v) is 7.13. The Kier molecular flexibility index (Phi) is 4.01. The molecule has 3 rings (SSSR count). The number of amides is 1. The average molecular weight is 320 g/mol. The summed E-state index contributed by atoms with van der Waals surface area (Å²) in [5, 5.41) is 11.6. The Bertz CT molecular complexity index is 763. The van der Waals surface area contributed by atoms with Crippen LogP contribution >= 0.6 is 11.6 Å². The number of nitrogens with one attached hydrogen (secondary N) is 1. The summed E-state index contributed by atoms with van der Waals surface area (Å²) in [5.41, 5.74) is 0. The second-order valence-corrected chi connectivity index (χ2v) is 5.43. The fourth-order valence-electron chi connectivity index (χ4n) is 2.00. The fourth-order valence-corrected chi connectivity index (χ4v) is 2.15. The van der Waals surface area contributed by atoms with Gasteiger partial charge in [0.05, 0.1) is 11.2 Å². The summed E-state index contributed by atoms with van der Waals surface area (Å²) in [4.78, 5) is 20.1. The summed E-state index contributed by atoms with van der Waals surface area (Å²) in [6.45, 7) is 3.15. The number of hydrogen-bond acceptors (Lipinski definition) is 5. The molecule has 1 N–H and O–H groups in total. The zero-order valence-corrected chi connectivity index (χ0v) is 12.6. The highest BCUT2D eigenvalue weighted by Crippen LogP contribution is 2.07. The van der Waals surface area contributed by atoms with Crippen LogP contribution in [0.5, 0.6) is 0 Å². The summed E-state index contributed by atoms with van der Waals surface area (Å²) in [5.74, 6) is 0.367. The predicted octanol–water partition coefficient (Wildman–Crippen LogP) is 1.04. The van der Waals surface area contributed by atoms with E-state index < -0.39 is 0 Å². The minimum absolute atomic E-state index is 0.105. The molecule has 0 fully saturated rings. The van der Waals surface area contributed by atoms with E-state index >= 15 is 0 Å². The van der Waals surface area contributed by atoms with Crippen molar-refractivity contribution in [3.63, 3.8) is 0 Å². The minimum Gasteiger partial charge on any atom is -0.349 e. The number of nitrogens with zero attached hydrogens (tertiary/aromatic N) is 6. The van der Waals surface area contributed by atoms with Gasteiger partial charge in [-0.3, -0.25) is 9.48 Å². The summed E-state index contributed by atoms with van der Waals surface area (Å²) in [6, 6.07) is 1.72. The van der Waals surface area contributed by atoms with Crippen LogP contribution in [0.1, 0.15) is 17.5 Å². The molecule has 0 aliphatic rings. The van der Waals surface area contributed by atoms with Crippen molar-refractivity contribution in [2.45, 2.75) is 13.5 Å². The van der Waals surface area contributed by atoms with Gasteiger partial charge in [-0.25, -0.2) is 9.50 Å². The Hall–Kier alpha value is -2.48. The zero-order chi connectivity index (χ0) is 15.5. The molecule has 0 saturated heterocycles. The molecule has 1 amide bonds. The summed E-state index contributed by atoms with van der Waals surface area (Å²) >= 11 is 5.81. The standard InChI is InChI=1S/C13H14ClN7O/c1-9(7-20-8-10(14)6-17-20)5-16-12(22)11-18-13-15-3-2-4-21(13)19-11/h2-4,6,8-9H,5,7H2,1H3,(H,16,22). The van der Waals surface area contributed by atoms with Crippen LogP contribution in [0.3, 0.4) is 0 Å². The molecular weight excluding hydrogens is 306 g/mol. The molecular formula is C13H14ClN7O. The maximum absolute atomic E-state index is 12.1. The van der Waals surface area contributed by atoms with Gasteiger partial charge in [0, 0.05) is 31.7 Å². The van der Waals surface area contributed by atoms with Gasteiger partial charge in [0.2, 0.25) is 5.82 Å². The van der Waals surface area contributed by atoms with Crippen LogP contribution in [0.15, 0.2) is 30.9 Å². The van der Waals surface area contributed by atoms with Crippen molar-refractivity contribution in [1.82, 2.24) is 34.7 Å². The molecule has 0 spiro atoms. The molecule has 3 aromatic rings. The second-order valence-electron chi connectivity index (χ2n) is 5.00. The number of halogens is 1. The number of hydrogen-bond donors (Lipinski definition) is 1. The van der Waals surface area contributed by atoms with Crippen LogP contribution in [0.2, 0.25) is 5.02 Å². The Labute approximate surface area is 131 Å². The number of fused-ring (bicyclic) bond motifs is 1. The molecule has 1 atom stereocenters. The monoisotopic (exact) mass is 319 g/mol. The number of rotatable bonds is 5. The number of aromatic nitrogens is 6. The van der Waals surface area contributed by atoms with E-state index in [4.69, 9.17) is 11.6 Å². The van der Waals surface area contributed by atoms with Crippen molar-refractivity contribution in [3.05, 3.63) is 41.7 Å². The lowest BCUT2D eigenvalue weighted by Crippen LogP contribution is -2.30. The second kappa shape index (κ2) is 6.10. The zero-order valence-electron chi connectivity index (χ0n) is 11.8. The van der Waals surface area contributed by atoms with Crippen molar-refractivity contribution in [2.75, 3.05) is 6.54 Å². The topological polar surface area (TPSA) is 90.0 Å². The van der Waals surface area contributed by atoms with Crippen LogP contribution < -0.4 is 5.32 Å². The van der Waals surface area contributed by atoms with Crippen LogP contribution in [-0.4, -0.2) is 41.8 Å². The normalized spacial score (nSPS) is 12.5. The average Bonchev–Trinajstić information content (AvgIpc) is 3.10. The van der Waals surface area contributed by atoms with Gasteiger partial charge in [-0.1, -0.05) is 18.5 Å². The van der Waals surface area contributed by atoms with Crippen LogP contribution in [-0.2, 0) is 6.54 Å². The Morgan fingerprint density at radius 1 is 1.50 bits per heavy atom. The van der Waals surface area contributed by atoms with Gasteiger partial charge in [0.25, 0.3) is 11.7 Å². The van der Waals surface area contributed by atoms with Crippen LogP contribution in [0, 0.1) is 5.92 Å². The molecule has 114 valence electrons. The van der Waals surface area contributed by atoms with E-state index in [1.807, 2.05) is 6.92 Å². The van der Waals surface area contributed by atoms with Gasteiger partial charge in [-0.15, -0.1) is 5.10 Å². The van der Waals surface area contributed by atoms with Crippen molar-refractivity contribution in [3.8, 4) is 0 Å². The first kappa shape index (κ1) is 14.5. The highest BCUT2D eigenvalue weighted by Gasteiger charge is 2.14. The summed E-state index contributed by atoms with van der Waals surface area (Å²) in [6.07, 6.45) is 6.62. The van der Waals surface area contributed by atoms with Crippen molar-refractivity contribution < 1.29 is 4.79 Å². The van der Waals surface area contributed by atoms with E-state index in [0.717, 1.165) is 0 Å². The van der Waals surface area contributed by atoms with Gasteiger partial charge in [-0.2, -0.15) is 10.1 Å². The SMILES string of the molecule is CC(CNC(=O)c1nc2ncccn2n1)Cn1cc(Cl)cn1. The van der Waals surface area contributed by atoms with Crippen molar-refractivity contribution >= 4 is 23.3 Å². The molecule has 9 heteroatoms. The van der Waals surface area contributed by atoms with E-state index in [-0.39, 0.29) is 17.6 Å². The van der Waals surface area contributed by atoms with E-state index in [2.05, 4.69) is 25.5 Å². The molecule has 3 heterocycles. The third-order valence-corrected chi connectivity index (χ3v) is 3.23. The van der Waals surface area contributed by atoms with Crippen LogP contribution in [0.25, 0.3) is 5.78 Å². The van der Waals surface area contributed by atoms with Gasteiger partial charge in [0.15, 0.2) is 0 Å². The van der Waals surface area contributed by atoms with Crippen LogP contribution in [0.4, 0.5) is 0 Å². The lowest BCUT2D eigenvalue weighted by Gasteiger charge is -2.11. The lowest BCUT2D eigenvalue weighted by atomic mass is 10.2. The third kappa shape index (κ3) is 3.22. The van der Waals surface area contributed by atoms with Crippen molar-refractivity contribution in [1.29, 1.82) is 0 Å². The molecule has 8 nitrogen and oxygen atoms in total. The first-order chi connectivity index (χ1) is 10.6.